The Kier molecular flexibility index (Phi) is 5.38. The Morgan fingerprint density at radius 2 is 2.13 bits per heavy atom. The van der Waals surface area contributed by atoms with Gasteiger partial charge >= 0.3 is 0 Å². The SMILES string of the molecule is COc1ccc(NC(=O)Cn2cnc(SC)c(C#N)c2=O)cc1. The number of nitrogens with zero attached hydrogens (tertiary/aromatic N) is 3. The van der Waals surface area contributed by atoms with Crippen LogP contribution in [0.5, 0.6) is 5.75 Å². The highest BCUT2D eigenvalue weighted by Crippen LogP contribution is 2.15. The van der Waals surface area contributed by atoms with Crippen LogP contribution in [-0.2, 0) is 11.3 Å². The van der Waals surface area contributed by atoms with Gasteiger partial charge < -0.3 is 10.1 Å². The number of nitriles is 1. The normalized spacial score (nSPS) is 9.96. The Morgan fingerprint density at radius 3 is 2.70 bits per heavy atom. The van der Waals surface area contributed by atoms with E-state index < -0.39 is 5.56 Å². The van der Waals surface area contributed by atoms with Crippen LogP contribution in [0.1, 0.15) is 5.56 Å². The highest BCUT2D eigenvalue weighted by Gasteiger charge is 2.13. The summed E-state index contributed by atoms with van der Waals surface area (Å²) in [5.74, 6) is 0.287. The summed E-state index contributed by atoms with van der Waals surface area (Å²) in [6.07, 6.45) is 2.99. The predicted octanol–water partition coefficient (Wildman–Crippen LogP) is 1.48. The van der Waals surface area contributed by atoms with Crippen molar-refractivity contribution in [2.75, 3.05) is 18.7 Å². The van der Waals surface area contributed by atoms with Gasteiger partial charge in [0.2, 0.25) is 5.91 Å². The van der Waals surface area contributed by atoms with Crippen LogP contribution in [0.2, 0.25) is 0 Å². The predicted molar refractivity (Wildman–Crippen MR) is 86.6 cm³/mol. The fraction of sp³-hybridized carbons (Fsp3) is 0.200. The molecule has 0 aliphatic rings. The Morgan fingerprint density at radius 1 is 1.43 bits per heavy atom. The average molecular weight is 330 g/mol. The van der Waals surface area contributed by atoms with Gasteiger partial charge in [-0.1, -0.05) is 0 Å². The van der Waals surface area contributed by atoms with E-state index in [-0.39, 0.29) is 18.0 Å². The van der Waals surface area contributed by atoms with Crippen molar-refractivity contribution in [1.29, 1.82) is 5.26 Å². The number of anilines is 1. The number of rotatable bonds is 5. The number of carbonyl (C=O) groups is 1. The largest absolute Gasteiger partial charge is 0.497 e. The summed E-state index contributed by atoms with van der Waals surface area (Å²) in [6, 6.07) is 8.63. The maximum Gasteiger partial charge on any atom is 0.272 e. The summed E-state index contributed by atoms with van der Waals surface area (Å²) < 4.78 is 6.14. The van der Waals surface area contributed by atoms with Gasteiger partial charge in [0.1, 0.15) is 29.0 Å². The maximum atomic E-state index is 12.1. The van der Waals surface area contributed by atoms with E-state index in [4.69, 9.17) is 10.00 Å². The molecule has 0 aliphatic carbocycles. The molecule has 0 aliphatic heterocycles. The topological polar surface area (TPSA) is 97.0 Å². The number of hydrogen-bond donors (Lipinski definition) is 1. The smallest absolute Gasteiger partial charge is 0.272 e. The lowest BCUT2D eigenvalue weighted by atomic mass is 10.3. The van der Waals surface area contributed by atoms with Gasteiger partial charge in [0.05, 0.1) is 13.4 Å². The second-order valence-corrected chi connectivity index (χ2v) is 5.25. The number of aromatic nitrogens is 2. The number of methoxy groups -OCH3 is 1. The molecule has 1 amide bonds. The quantitative estimate of drug-likeness (QED) is 0.659. The molecule has 0 fully saturated rings. The first-order chi connectivity index (χ1) is 11.1. The minimum Gasteiger partial charge on any atom is -0.497 e. The van der Waals surface area contributed by atoms with Gasteiger partial charge in [0.15, 0.2) is 0 Å². The molecule has 1 N–H and O–H groups in total. The van der Waals surface area contributed by atoms with E-state index >= 15 is 0 Å². The molecule has 0 radical (unpaired) electrons. The number of hydrogen-bond acceptors (Lipinski definition) is 6. The number of benzene rings is 1. The van der Waals surface area contributed by atoms with Crippen LogP contribution in [0, 0.1) is 11.3 Å². The molecule has 0 bridgehead atoms. The lowest BCUT2D eigenvalue weighted by Gasteiger charge is -2.09. The lowest BCUT2D eigenvalue weighted by molar-refractivity contribution is -0.116. The minimum atomic E-state index is -0.531. The summed E-state index contributed by atoms with van der Waals surface area (Å²) in [4.78, 5) is 28.2. The first kappa shape index (κ1) is 16.6. The number of nitrogens with one attached hydrogen (secondary N) is 1. The van der Waals surface area contributed by atoms with Crippen molar-refractivity contribution in [1.82, 2.24) is 9.55 Å². The average Bonchev–Trinajstić information content (AvgIpc) is 2.57. The summed E-state index contributed by atoms with van der Waals surface area (Å²) in [6.45, 7) is -0.221. The molecule has 0 saturated carbocycles. The van der Waals surface area contributed by atoms with Crippen LogP contribution < -0.4 is 15.6 Å². The van der Waals surface area contributed by atoms with Crippen LogP contribution in [0.25, 0.3) is 0 Å². The molecule has 2 rings (SSSR count). The molecule has 1 heterocycles. The van der Waals surface area contributed by atoms with Crippen molar-refractivity contribution in [2.24, 2.45) is 0 Å². The van der Waals surface area contributed by atoms with Crippen molar-refractivity contribution in [3.63, 3.8) is 0 Å². The molecule has 0 saturated heterocycles. The van der Waals surface area contributed by atoms with Gasteiger partial charge in [0, 0.05) is 5.69 Å². The third-order valence-corrected chi connectivity index (χ3v) is 3.69. The number of carbonyl (C=O) groups excluding carboxylic acids is 1. The van der Waals surface area contributed by atoms with Crippen molar-refractivity contribution in [3.8, 4) is 11.8 Å². The van der Waals surface area contributed by atoms with E-state index in [1.807, 2.05) is 6.07 Å². The third kappa shape index (κ3) is 3.90. The van der Waals surface area contributed by atoms with Gasteiger partial charge in [0.25, 0.3) is 5.56 Å². The zero-order valence-electron chi connectivity index (χ0n) is 12.6. The van der Waals surface area contributed by atoms with Gasteiger partial charge in [-0.2, -0.15) is 5.26 Å². The molecule has 118 valence electrons. The van der Waals surface area contributed by atoms with E-state index in [1.54, 1.807) is 37.6 Å². The second kappa shape index (κ2) is 7.47. The van der Waals surface area contributed by atoms with Crippen molar-refractivity contribution >= 4 is 23.4 Å². The molecule has 0 atom stereocenters. The van der Waals surface area contributed by atoms with Crippen molar-refractivity contribution in [3.05, 3.63) is 46.5 Å². The zero-order valence-corrected chi connectivity index (χ0v) is 13.4. The molecule has 0 unspecified atom stereocenters. The lowest BCUT2D eigenvalue weighted by Crippen LogP contribution is -2.29. The number of thioether (sulfide) groups is 1. The minimum absolute atomic E-state index is 0.0581. The van der Waals surface area contributed by atoms with Gasteiger partial charge in [-0.05, 0) is 30.5 Å². The summed E-state index contributed by atoms with van der Waals surface area (Å²) >= 11 is 1.21. The third-order valence-electron chi connectivity index (χ3n) is 3.00. The van der Waals surface area contributed by atoms with Crippen LogP contribution in [0.4, 0.5) is 5.69 Å². The van der Waals surface area contributed by atoms with Crippen molar-refractivity contribution < 1.29 is 9.53 Å². The standard InChI is InChI=1S/C15H14N4O3S/c1-22-11-5-3-10(4-6-11)18-13(20)8-19-9-17-14(23-2)12(7-16)15(19)21/h3-6,9H,8H2,1-2H3,(H,18,20). The van der Waals surface area contributed by atoms with Gasteiger partial charge in [-0.25, -0.2) is 4.98 Å². The van der Waals surface area contributed by atoms with E-state index in [9.17, 15) is 9.59 Å². The second-order valence-electron chi connectivity index (χ2n) is 4.45. The molecular formula is C15H14N4O3S. The van der Waals surface area contributed by atoms with E-state index in [0.29, 0.717) is 16.5 Å². The molecule has 7 nitrogen and oxygen atoms in total. The highest BCUT2D eigenvalue weighted by atomic mass is 32.2. The number of ether oxygens (including phenoxy) is 1. The number of amides is 1. The first-order valence-corrected chi connectivity index (χ1v) is 7.79. The molecule has 1 aromatic heterocycles. The van der Waals surface area contributed by atoms with E-state index in [0.717, 1.165) is 4.57 Å². The van der Waals surface area contributed by atoms with Crippen LogP contribution in [0.3, 0.4) is 0 Å². The summed E-state index contributed by atoms with van der Waals surface area (Å²) in [5, 5.41) is 12.1. The maximum absolute atomic E-state index is 12.1. The molecular weight excluding hydrogens is 316 g/mol. The Balaban J connectivity index is 2.14. The van der Waals surface area contributed by atoms with E-state index in [1.165, 1.54) is 18.1 Å². The van der Waals surface area contributed by atoms with Crippen LogP contribution in [-0.4, -0.2) is 28.8 Å². The fourth-order valence-electron chi connectivity index (χ4n) is 1.87. The van der Waals surface area contributed by atoms with Gasteiger partial charge in [-0.15, -0.1) is 11.8 Å². The molecule has 2 aromatic rings. The molecule has 0 spiro atoms. The van der Waals surface area contributed by atoms with E-state index in [2.05, 4.69) is 10.3 Å². The monoisotopic (exact) mass is 330 g/mol. The summed E-state index contributed by atoms with van der Waals surface area (Å²) in [5.41, 5.74) is -0.00738. The van der Waals surface area contributed by atoms with Crippen molar-refractivity contribution in [2.45, 2.75) is 11.6 Å². The Labute approximate surface area is 136 Å². The van der Waals surface area contributed by atoms with Crippen LogP contribution in [0.15, 0.2) is 40.4 Å². The molecule has 1 aromatic carbocycles. The molecule has 23 heavy (non-hydrogen) atoms. The zero-order chi connectivity index (χ0) is 16.8. The van der Waals surface area contributed by atoms with Crippen LogP contribution >= 0.6 is 11.8 Å². The molecule has 8 heteroatoms. The summed E-state index contributed by atoms with van der Waals surface area (Å²) in [7, 11) is 1.55. The first-order valence-electron chi connectivity index (χ1n) is 6.56. The Hall–Kier alpha value is -2.79. The fourth-order valence-corrected chi connectivity index (χ4v) is 2.36. The highest BCUT2D eigenvalue weighted by molar-refractivity contribution is 7.98. The van der Waals surface area contributed by atoms with Gasteiger partial charge in [-0.3, -0.25) is 14.2 Å². The Bertz CT molecular complexity index is 809.